The Hall–Kier alpha value is -0.120. The fraction of sp³-hybridized carbons (Fsp3) is 1.00. The molecular formula is C15H30N2O. The van der Waals surface area contributed by atoms with Gasteiger partial charge in [0.25, 0.3) is 0 Å². The molecule has 1 saturated heterocycles. The second-order valence-corrected chi connectivity index (χ2v) is 5.93. The molecule has 0 aromatic carbocycles. The van der Waals surface area contributed by atoms with Crippen LogP contribution in [0.3, 0.4) is 0 Å². The Morgan fingerprint density at radius 2 is 1.89 bits per heavy atom. The summed E-state index contributed by atoms with van der Waals surface area (Å²) in [5.74, 6) is 0. The number of hydrogen-bond donors (Lipinski definition) is 1. The molecular weight excluding hydrogens is 224 g/mol. The Labute approximate surface area is 112 Å². The largest absolute Gasteiger partial charge is 0.374 e. The highest BCUT2D eigenvalue weighted by atomic mass is 16.5. The molecule has 1 N–H and O–H groups in total. The van der Waals surface area contributed by atoms with Gasteiger partial charge in [0, 0.05) is 6.54 Å². The van der Waals surface area contributed by atoms with Crippen molar-refractivity contribution in [2.24, 2.45) is 0 Å². The van der Waals surface area contributed by atoms with Crippen molar-refractivity contribution in [3.8, 4) is 0 Å². The number of nitrogens with one attached hydrogen (secondary N) is 1. The van der Waals surface area contributed by atoms with E-state index in [1.165, 1.54) is 58.0 Å². The lowest BCUT2D eigenvalue weighted by Gasteiger charge is -2.42. The zero-order valence-corrected chi connectivity index (χ0v) is 12.0. The number of hydrogen-bond acceptors (Lipinski definition) is 3. The molecule has 0 unspecified atom stereocenters. The summed E-state index contributed by atoms with van der Waals surface area (Å²) in [6, 6.07) is 0. The van der Waals surface area contributed by atoms with Crippen LogP contribution in [0.15, 0.2) is 0 Å². The van der Waals surface area contributed by atoms with E-state index in [9.17, 15) is 0 Å². The van der Waals surface area contributed by atoms with Crippen LogP contribution in [0.1, 0.15) is 51.9 Å². The fourth-order valence-corrected chi connectivity index (χ4v) is 3.05. The average molecular weight is 254 g/mol. The minimum Gasteiger partial charge on any atom is -0.374 e. The molecule has 1 saturated carbocycles. The van der Waals surface area contributed by atoms with Crippen LogP contribution < -0.4 is 5.32 Å². The molecule has 106 valence electrons. The molecule has 0 radical (unpaired) electrons. The normalized spacial score (nSPS) is 23.2. The van der Waals surface area contributed by atoms with Crippen molar-refractivity contribution in [3.05, 3.63) is 0 Å². The molecule has 0 amide bonds. The third-order valence-corrected chi connectivity index (χ3v) is 4.46. The summed E-state index contributed by atoms with van der Waals surface area (Å²) in [6.45, 7) is 9.14. The van der Waals surface area contributed by atoms with Crippen molar-refractivity contribution in [1.29, 1.82) is 0 Å². The van der Waals surface area contributed by atoms with Gasteiger partial charge in [0.1, 0.15) is 0 Å². The van der Waals surface area contributed by atoms with Crippen molar-refractivity contribution in [2.75, 3.05) is 39.3 Å². The molecule has 1 aliphatic heterocycles. The van der Waals surface area contributed by atoms with Gasteiger partial charge in [-0.2, -0.15) is 0 Å². The average Bonchev–Trinajstić information content (AvgIpc) is 2.83. The van der Waals surface area contributed by atoms with E-state index in [1.54, 1.807) is 0 Å². The van der Waals surface area contributed by atoms with Crippen LogP contribution in [0.5, 0.6) is 0 Å². The topological polar surface area (TPSA) is 24.5 Å². The highest BCUT2D eigenvalue weighted by molar-refractivity contribution is 4.90. The second-order valence-electron chi connectivity index (χ2n) is 5.93. The number of rotatable bonds is 9. The first-order valence-corrected chi connectivity index (χ1v) is 7.92. The first-order chi connectivity index (χ1) is 8.85. The van der Waals surface area contributed by atoms with Crippen LogP contribution in [0.25, 0.3) is 0 Å². The van der Waals surface area contributed by atoms with Crippen molar-refractivity contribution < 1.29 is 4.74 Å². The van der Waals surface area contributed by atoms with E-state index in [0.29, 0.717) is 0 Å². The van der Waals surface area contributed by atoms with Crippen LogP contribution in [0, 0.1) is 0 Å². The molecule has 3 heteroatoms. The van der Waals surface area contributed by atoms with Gasteiger partial charge in [0.05, 0.1) is 12.2 Å². The quantitative estimate of drug-likeness (QED) is 0.640. The Balaban J connectivity index is 1.58. The van der Waals surface area contributed by atoms with Crippen LogP contribution in [-0.4, -0.2) is 49.8 Å². The summed E-state index contributed by atoms with van der Waals surface area (Å²) in [5.41, 5.74) is 0.237. The van der Waals surface area contributed by atoms with Gasteiger partial charge in [-0.25, -0.2) is 0 Å². The Morgan fingerprint density at radius 1 is 1.11 bits per heavy atom. The smallest absolute Gasteiger partial charge is 0.0695 e. The van der Waals surface area contributed by atoms with Crippen molar-refractivity contribution in [1.82, 2.24) is 10.2 Å². The number of ether oxygens (including phenoxy) is 1. The lowest BCUT2D eigenvalue weighted by atomic mass is 9.77. The molecule has 1 aliphatic carbocycles. The highest BCUT2D eigenvalue weighted by Crippen LogP contribution is 2.38. The lowest BCUT2D eigenvalue weighted by molar-refractivity contribution is -0.107. The van der Waals surface area contributed by atoms with Gasteiger partial charge in [-0.15, -0.1) is 0 Å². The van der Waals surface area contributed by atoms with Gasteiger partial charge in [0.15, 0.2) is 0 Å². The summed E-state index contributed by atoms with van der Waals surface area (Å²) >= 11 is 0. The first kappa shape index (κ1) is 14.3. The molecule has 1 heterocycles. The van der Waals surface area contributed by atoms with E-state index < -0.39 is 0 Å². The summed E-state index contributed by atoms with van der Waals surface area (Å²) in [5, 5.41) is 3.50. The molecule has 0 atom stereocenters. The molecule has 0 aromatic rings. The molecule has 2 rings (SSSR count). The van der Waals surface area contributed by atoms with Gasteiger partial charge in [-0.1, -0.05) is 6.92 Å². The van der Waals surface area contributed by atoms with Gasteiger partial charge in [-0.3, -0.25) is 0 Å². The SMILES string of the molecule is CCCNCCC1(OCCN2CCCC2)CCC1. The predicted molar refractivity (Wildman–Crippen MR) is 76.0 cm³/mol. The molecule has 0 spiro atoms. The van der Waals surface area contributed by atoms with Crippen molar-refractivity contribution >= 4 is 0 Å². The predicted octanol–water partition coefficient (Wildman–Crippen LogP) is 2.41. The van der Waals surface area contributed by atoms with E-state index >= 15 is 0 Å². The maximum absolute atomic E-state index is 6.23. The number of likely N-dealkylation sites (tertiary alicyclic amines) is 1. The van der Waals surface area contributed by atoms with Gasteiger partial charge in [-0.05, 0) is 71.1 Å². The van der Waals surface area contributed by atoms with Gasteiger partial charge >= 0.3 is 0 Å². The lowest BCUT2D eigenvalue weighted by Crippen LogP contribution is -2.44. The van der Waals surface area contributed by atoms with E-state index in [4.69, 9.17) is 4.74 Å². The standard InChI is InChI=1S/C15H30N2O/c1-2-9-16-10-8-15(6-5-7-15)18-14-13-17-11-3-4-12-17/h16H,2-14H2,1H3. The Morgan fingerprint density at radius 3 is 2.50 bits per heavy atom. The zero-order chi connectivity index (χ0) is 12.7. The molecule has 2 aliphatic rings. The first-order valence-electron chi connectivity index (χ1n) is 7.92. The van der Waals surface area contributed by atoms with Crippen LogP contribution in [0.4, 0.5) is 0 Å². The van der Waals surface area contributed by atoms with Gasteiger partial charge < -0.3 is 15.0 Å². The second kappa shape index (κ2) is 7.46. The van der Waals surface area contributed by atoms with Crippen LogP contribution in [0.2, 0.25) is 0 Å². The fourth-order valence-electron chi connectivity index (χ4n) is 3.05. The third-order valence-electron chi connectivity index (χ3n) is 4.46. The molecule has 18 heavy (non-hydrogen) atoms. The van der Waals surface area contributed by atoms with E-state index in [-0.39, 0.29) is 5.60 Å². The van der Waals surface area contributed by atoms with Crippen molar-refractivity contribution in [2.45, 2.75) is 57.5 Å². The third kappa shape index (κ3) is 4.22. The zero-order valence-electron chi connectivity index (χ0n) is 12.0. The minimum absolute atomic E-state index is 0.237. The monoisotopic (exact) mass is 254 g/mol. The van der Waals surface area contributed by atoms with E-state index in [2.05, 4.69) is 17.1 Å². The summed E-state index contributed by atoms with van der Waals surface area (Å²) in [6.07, 6.45) is 9.10. The van der Waals surface area contributed by atoms with Crippen molar-refractivity contribution in [3.63, 3.8) is 0 Å². The minimum atomic E-state index is 0.237. The van der Waals surface area contributed by atoms with Gasteiger partial charge in [0.2, 0.25) is 0 Å². The molecule has 0 bridgehead atoms. The Bertz CT molecular complexity index is 223. The van der Waals surface area contributed by atoms with E-state index in [0.717, 1.165) is 26.2 Å². The Kier molecular flexibility index (Phi) is 5.93. The maximum Gasteiger partial charge on any atom is 0.0695 e. The number of nitrogens with zero attached hydrogens (tertiary/aromatic N) is 1. The molecule has 0 aromatic heterocycles. The molecule has 3 nitrogen and oxygen atoms in total. The maximum atomic E-state index is 6.23. The summed E-state index contributed by atoms with van der Waals surface area (Å²) in [4.78, 5) is 2.54. The van der Waals surface area contributed by atoms with Crippen LogP contribution >= 0.6 is 0 Å². The summed E-state index contributed by atoms with van der Waals surface area (Å²) in [7, 11) is 0. The summed E-state index contributed by atoms with van der Waals surface area (Å²) < 4.78 is 6.23. The molecule has 2 fully saturated rings. The highest BCUT2D eigenvalue weighted by Gasteiger charge is 2.37. The van der Waals surface area contributed by atoms with E-state index in [1.807, 2.05) is 0 Å². The van der Waals surface area contributed by atoms with Crippen LogP contribution in [-0.2, 0) is 4.74 Å².